The Hall–Kier alpha value is -2.30. The average Bonchev–Trinajstić information content (AvgIpc) is 2.77. The number of hydrogen-bond acceptors (Lipinski definition) is 3. The molecule has 0 aliphatic heterocycles. The summed E-state index contributed by atoms with van der Waals surface area (Å²) in [4.78, 5) is 12.5. The van der Waals surface area contributed by atoms with E-state index in [1.54, 1.807) is 30.3 Å². The first-order valence-corrected chi connectivity index (χ1v) is 12.1. The number of hydrogen-bond donors (Lipinski definition) is 1. The highest BCUT2D eigenvalue weighted by Gasteiger charge is 2.30. The highest BCUT2D eigenvalue weighted by molar-refractivity contribution is 14.1. The molecular weight excluding hydrogens is 695 g/mol. The third-order valence-electron chi connectivity index (χ3n) is 4.44. The minimum atomic E-state index is -4.54. The molecule has 174 valence electrons. The molecule has 10 heteroatoms. The molecule has 0 aliphatic rings. The van der Waals surface area contributed by atoms with Gasteiger partial charge in [0.2, 0.25) is 0 Å². The van der Waals surface area contributed by atoms with Crippen molar-refractivity contribution < 1.29 is 22.7 Å². The van der Waals surface area contributed by atoms with E-state index in [4.69, 9.17) is 16.3 Å². The van der Waals surface area contributed by atoms with Crippen LogP contribution in [0.5, 0.6) is 5.75 Å². The lowest BCUT2D eigenvalue weighted by Crippen LogP contribution is -2.14. The Balaban J connectivity index is 1.77. The Kier molecular flexibility index (Phi) is 8.83. The van der Waals surface area contributed by atoms with Crippen molar-refractivity contribution in [1.29, 1.82) is 5.26 Å². The van der Waals surface area contributed by atoms with Crippen molar-refractivity contribution in [3.8, 4) is 11.8 Å². The zero-order valence-corrected chi connectivity index (χ0v) is 22.2. The van der Waals surface area contributed by atoms with Crippen molar-refractivity contribution in [2.24, 2.45) is 0 Å². The number of carbonyl (C=O) groups excluding carboxylic acids is 1. The van der Waals surface area contributed by atoms with Crippen LogP contribution in [0, 0.1) is 18.5 Å². The molecule has 0 aliphatic carbocycles. The van der Waals surface area contributed by atoms with Crippen LogP contribution in [-0.2, 0) is 17.6 Å². The lowest BCUT2D eigenvalue weighted by atomic mass is 10.1. The third-order valence-corrected chi connectivity index (χ3v) is 6.30. The maximum Gasteiger partial charge on any atom is 0.416 e. The molecule has 0 saturated carbocycles. The van der Waals surface area contributed by atoms with Crippen LogP contribution in [0.2, 0.25) is 5.02 Å². The third kappa shape index (κ3) is 7.10. The molecule has 0 radical (unpaired) electrons. The summed E-state index contributed by atoms with van der Waals surface area (Å²) in [7, 11) is 0. The fourth-order valence-corrected chi connectivity index (χ4v) is 5.08. The number of alkyl halides is 3. The smallest absolute Gasteiger partial charge is 0.416 e. The number of nitriles is 1. The first-order valence-electron chi connectivity index (χ1n) is 9.53. The number of nitrogens with zero attached hydrogens (tertiary/aromatic N) is 1. The van der Waals surface area contributed by atoms with Crippen LogP contribution in [0.4, 0.5) is 18.9 Å². The molecule has 0 heterocycles. The van der Waals surface area contributed by atoms with E-state index in [0.717, 1.165) is 24.8 Å². The van der Waals surface area contributed by atoms with Gasteiger partial charge in [-0.05, 0) is 105 Å². The van der Waals surface area contributed by atoms with Crippen molar-refractivity contribution in [3.63, 3.8) is 0 Å². The maximum atomic E-state index is 12.9. The van der Waals surface area contributed by atoms with E-state index in [2.05, 4.69) is 50.5 Å². The van der Waals surface area contributed by atoms with Crippen LogP contribution in [0.25, 0.3) is 6.08 Å². The largest absolute Gasteiger partial charge is 0.487 e. The van der Waals surface area contributed by atoms with E-state index >= 15 is 0 Å². The van der Waals surface area contributed by atoms with E-state index in [0.29, 0.717) is 22.9 Å². The molecule has 0 fully saturated rings. The van der Waals surface area contributed by atoms with Gasteiger partial charge in [0.05, 0.1) is 12.7 Å². The quantitative estimate of drug-likeness (QED) is 0.162. The lowest BCUT2D eigenvalue weighted by Gasteiger charge is -2.12. The zero-order chi connectivity index (χ0) is 24.9. The van der Waals surface area contributed by atoms with Crippen molar-refractivity contribution >= 4 is 74.5 Å². The zero-order valence-electron chi connectivity index (χ0n) is 17.1. The molecule has 3 aromatic rings. The summed E-state index contributed by atoms with van der Waals surface area (Å²) in [6.45, 7) is 0.335. The number of benzene rings is 3. The van der Waals surface area contributed by atoms with Gasteiger partial charge in [-0.15, -0.1) is 0 Å². The number of nitrogens with one attached hydrogen (secondary N) is 1. The second kappa shape index (κ2) is 11.4. The average molecular weight is 709 g/mol. The normalized spacial score (nSPS) is 11.6. The topological polar surface area (TPSA) is 62.1 Å². The predicted molar refractivity (Wildman–Crippen MR) is 141 cm³/mol. The number of rotatable bonds is 6. The molecule has 0 bridgehead atoms. The van der Waals surface area contributed by atoms with Crippen LogP contribution in [0.15, 0.2) is 66.2 Å². The van der Waals surface area contributed by atoms with Gasteiger partial charge in [-0.25, -0.2) is 0 Å². The molecular formula is C24H14ClF3I2N2O2. The van der Waals surface area contributed by atoms with Crippen molar-refractivity contribution in [2.75, 3.05) is 5.32 Å². The Morgan fingerprint density at radius 2 is 1.74 bits per heavy atom. The number of halogens is 6. The van der Waals surface area contributed by atoms with E-state index in [1.165, 1.54) is 18.2 Å². The van der Waals surface area contributed by atoms with Crippen LogP contribution < -0.4 is 10.1 Å². The maximum absolute atomic E-state index is 12.9. The van der Waals surface area contributed by atoms with E-state index < -0.39 is 17.6 Å². The predicted octanol–water partition coefficient (Wildman–Crippen LogP) is 7.69. The summed E-state index contributed by atoms with van der Waals surface area (Å²) in [5, 5.41) is 12.4. The summed E-state index contributed by atoms with van der Waals surface area (Å²) in [5.41, 5.74) is 0.308. The van der Waals surface area contributed by atoms with Gasteiger partial charge in [0.25, 0.3) is 5.91 Å². The van der Waals surface area contributed by atoms with Gasteiger partial charge < -0.3 is 10.1 Å². The second-order valence-electron chi connectivity index (χ2n) is 6.93. The fourth-order valence-electron chi connectivity index (χ4n) is 2.82. The van der Waals surface area contributed by atoms with Crippen LogP contribution in [-0.4, -0.2) is 5.91 Å². The minimum absolute atomic E-state index is 0.0592. The monoisotopic (exact) mass is 708 g/mol. The number of carbonyl (C=O) groups is 1. The summed E-state index contributed by atoms with van der Waals surface area (Å²) in [6.07, 6.45) is -3.17. The Labute approximate surface area is 226 Å². The Bertz CT molecular complexity index is 1260. The highest BCUT2D eigenvalue weighted by atomic mass is 127. The van der Waals surface area contributed by atoms with Crippen LogP contribution in [0.3, 0.4) is 0 Å². The number of amides is 1. The molecule has 1 N–H and O–H groups in total. The van der Waals surface area contributed by atoms with E-state index in [-0.39, 0.29) is 11.3 Å². The molecule has 0 saturated heterocycles. The second-order valence-corrected chi connectivity index (χ2v) is 9.69. The van der Waals surface area contributed by atoms with Crippen LogP contribution >= 0.6 is 56.8 Å². The molecule has 0 unspecified atom stereocenters. The summed E-state index contributed by atoms with van der Waals surface area (Å²) in [6, 6.07) is 16.8. The standard InChI is InChI=1S/C24H14ClF3I2N2O2/c25-18-6-4-14(5-7-18)13-34-22-20(29)9-15(10-21(22)30)8-16(12-31)23(33)32-19-3-1-2-17(11-19)24(26,27)28/h1-11H,13H2,(H,32,33)/b16-8-. The Morgan fingerprint density at radius 1 is 1.09 bits per heavy atom. The van der Waals surface area contributed by atoms with E-state index in [1.807, 2.05) is 12.1 Å². The Morgan fingerprint density at radius 3 is 2.32 bits per heavy atom. The van der Waals surface area contributed by atoms with Gasteiger partial charge >= 0.3 is 6.18 Å². The molecule has 0 atom stereocenters. The molecule has 0 aromatic heterocycles. The molecule has 3 aromatic carbocycles. The number of ether oxygens (including phenoxy) is 1. The first kappa shape index (κ1) is 26.3. The van der Waals surface area contributed by atoms with Gasteiger partial charge in [-0.3, -0.25) is 4.79 Å². The van der Waals surface area contributed by atoms with Gasteiger partial charge in [0.1, 0.15) is 24.0 Å². The van der Waals surface area contributed by atoms with Gasteiger partial charge in [-0.2, -0.15) is 18.4 Å². The molecule has 1 amide bonds. The highest BCUT2D eigenvalue weighted by Crippen LogP contribution is 2.32. The van der Waals surface area contributed by atoms with Gasteiger partial charge in [0.15, 0.2) is 0 Å². The fraction of sp³-hybridized carbons (Fsp3) is 0.0833. The first-order chi connectivity index (χ1) is 16.1. The van der Waals surface area contributed by atoms with Crippen molar-refractivity contribution in [2.45, 2.75) is 12.8 Å². The molecule has 0 spiro atoms. The van der Waals surface area contributed by atoms with Crippen molar-refractivity contribution in [1.82, 2.24) is 0 Å². The summed E-state index contributed by atoms with van der Waals surface area (Å²) >= 11 is 10.1. The van der Waals surface area contributed by atoms with Crippen LogP contribution in [0.1, 0.15) is 16.7 Å². The van der Waals surface area contributed by atoms with Gasteiger partial charge in [0, 0.05) is 10.7 Å². The molecule has 34 heavy (non-hydrogen) atoms. The minimum Gasteiger partial charge on any atom is -0.487 e. The molecule has 4 nitrogen and oxygen atoms in total. The summed E-state index contributed by atoms with van der Waals surface area (Å²) in [5.74, 6) is -0.157. The molecule has 3 rings (SSSR count). The SMILES string of the molecule is N#C/C(=C/c1cc(I)c(OCc2ccc(Cl)cc2)c(I)c1)C(=O)Nc1cccc(C(F)(F)F)c1. The van der Waals surface area contributed by atoms with Gasteiger partial charge in [-0.1, -0.05) is 29.8 Å². The van der Waals surface area contributed by atoms with E-state index in [9.17, 15) is 23.2 Å². The number of anilines is 1. The summed E-state index contributed by atoms with van der Waals surface area (Å²) < 4.78 is 46.2. The lowest BCUT2D eigenvalue weighted by molar-refractivity contribution is -0.137. The van der Waals surface area contributed by atoms with Crippen molar-refractivity contribution in [3.05, 3.63) is 95.1 Å².